The van der Waals surface area contributed by atoms with Crippen molar-refractivity contribution in [1.82, 2.24) is 10.2 Å². The van der Waals surface area contributed by atoms with Crippen LogP contribution in [0.4, 0.5) is 10.1 Å². The zero-order valence-electron chi connectivity index (χ0n) is 22.2. The molecule has 0 aliphatic carbocycles. The van der Waals surface area contributed by atoms with Gasteiger partial charge >= 0.3 is 0 Å². The van der Waals surface area contributed by atoms with Gasteiger partial charge in [-0.05, 0) is 54.3 Å². The van der Waals surface area contributed by atoms with Gasteiger partial charge in [-0.25, -0.2) is 12.8 Å². The maximum atomic E-state index is 14.9. The third-order valence-electron chi connectivity index (χ3n) is 6.07. The Labute approximate surface area is 234 Å². The summed E-state index contributed by atoms with van der Waals surface area (Å²) in [5.74, 6) is -1.61. The van der Waals surface area contributed by atoms with Gasteiger partial charge in [0.2, 0.25) is 11.8 Å². The van der Waals surface area contributed by atoms with Crippen LogP contribution in [0.15, 0.2) is 83.8 Å². The van der Waals surface area contributed by atoms with Gasteiger partial charge in [-0.15, -0.1) is 0 Å². The fraction of sp³-hybridized carbons (Fsp3) is 0.310. The molecule has 3 aromatic carbocycles. The van der Waals surface area contributed by atoms with E-state index in [1.165, 1.54) is 35.2 Å². The molecule has 0 spiro atoms. The Bertz CT molecular complexity index is 1370. The monoisotopic (exact) mass is 573 g/mol. The van der Waals surface area contributed by atoms with Crippen molar-refractivity contribution in [3.63, 3.8) is 0 Å². The summed E-state index contributed by atoms with van der Waals surface area (Å²) in [6.07, 6.45) is 0.286. The first-order chi connectivity index (χ1) is 18.5. The molecule has 3 aromatic rings. The lowest BCUT2D eigenvalue weighted by atomic mass is 10.1. The van der Waals surface area contributed by atoms with E-state index in [4.69, 9.17) is 11.6 Å². The number of anilines is 1. The van der Waals surface area contributed by atoms with Gasteiger partial charge in [0.1, 0.15) is 18.4 Å². The Hall–Kier alpha value is -3.43. The molecule has 10 heteroatoms. The van der Waals surface area contributed by atoms with E-state index >= 15 is 0 Å². The van der Waals surface area contributed by atoms with Gasteiger partial charge in [0.25, 0.3) is 10.0 Å². The van der Waals surface area contributed by atoms with Gasteiger partial charge in [0.05, 0.1) is 10.6 Å². The number of nitrogens with zero attached hydrogens (tertiary/aromatic N) is 2. The Morgan fingerprint density at radius 2 is 1.56 bits per heavy atom. The van der Waals surface area contributed by atoms with Crippen LogP contribution in [0.5, 0.6) is 0 Å². The van der Waals surface area contributed by atoms with E-state index in [-0.39, 0.29) is 35.4 Å². The van der Waals surface area contributed by atoms with Crippen LogP contribution >= 0.6 is 11.6 Å². The first kappa shape index (κ1) is 30.1. The van der Waals surface area contributed by atoms with Gasteiger partial charge in [-0.3, -0.25) is 13.9 Å². The number of hydrogen-bond donors (Lipinski definition) is 1. The number of carbonyl (C=O) groups is 2. The minimum atomic E-state index is -4.33. The summed E-state index contributed by atoms with van der Waals surface area (Å²) in [5, 5.41) is 3.38. The minimum Gasteiger partial charge on any atom is -0.354 e. The maximum absolute atomic E-state index is 14.9. The molecule has 0 fully saturated rings. The summed E-state index contributed by atoms with van der Waals surface area (Å²) in [6.45, 7) is 5.43. The lowest BCUT2D eigenvalue weighted by molar-refractivity contribution is -0.140. The van der Waals surface area contributed by atoms with E-state index in [9.17, 15) is 22.4 Å². The molecule has 2 amide bonds. The lowest BCUT2D eigenvalue weighted by Crippen LogP contribution is -2.52. The topological polar surface area (TPSA) is 86.8 Å². The highest BCUT2D eigenvalue weighted by Crippen LogP contribution is 2.27. The van der Waals surface area contributed by atoms with Gasteiger partial charge in [0.15, 0.2) is 0 Å². The smallest absolute Gasteiger partial charge is 0.264 e. The van der Waals surface area contributed by atoms with E-state index in [1.54, 1.807) is 49.4 Å². The van der Waals surface area contributed by atoms with Crippen LogP contribution in [0, 0.1) is 11.7 Å². The Kier molecular flexibility index (Phi) is 10.5. The Morgan fingerprint density at radius 3 is 2.15 bits per heavy atom. The van der Waals surface area contributed by atoms with E-state index in [2.05, 4.69) is 5.32 Å². The molecule has 1 N–H and O–H groups in total. The summed E-state index contributed by atoms with van der Waals surface area (Å²) in [6, 6.07) is 18.8. The van der Waals surface area contributed by atoms with Crippen molar-refractivity contribution in [2.75, 3.05) is 17.4 Å². The van der Waals surface area contributed by atoms with Crippen LogP contribution in [-0.4, -0.2) is 44.3 Å². The Balaban J connectivity index is 2.04. The van der Waals surface area contributed by atoms with Crippen molar-refractivity contribution < 1.29 is 22.4 Å². The van der Waals surface area contributed by atoms with Gasteiger partial charge in [-0.2, -0.15) is 0 Å². The van der Waals surface area contributed by atoms with Gasteiger partial charge < -0.3 is 10.2 Å². The zero-order valence-corrected chi connectivity index (χ0v) is 23.8. The van der Waals surface area contributed by atoms with Crippen LogP contribution in [0.3, 0.4) is 0 Å². The van der Waals surface area contributed by atoms with E-state index in [0.717, 1.165) is 10.4 Å². The molecule has 1 unspecified atom stereocenters. The van der Waals surface area contributed by atoms with Crippen molar-refractivity contribution in [2.24, 2.45) is 5.92 Å². The van der Waals surface area contributed by atoms with Crippen LogP contribution in [-0.2, 0) is 26.2 Å². The number of carbonyl (C=O) groups excluding carboxylic acids is 2. The normalized spacial score (nSPS) is 12.2. The predicted octanol–water partition coefficient (Wildman–Crippen LogP) is 5.25. The highest BCUT2D eigenvalue weighted by atomic mass is 35.5. The lowest BCUT2D eigenvalue weighted by Gasteiger charge is -2.33. The summed E-state index contributed by atoms with van der Waals surface area (Å²) in [5.41, 5.74) is 0.435. The van der Waals surface area contributed by atoms with Crippen molar-refractivity contribution in [3.8, 4) is 0 Å². The number of hydrogen-bond acceptors (Lipinski definition) is 4. The average molecular weight is 574 g/mol. The molecule has 0 bridgehead atoms. The van der Waals surface area contributed by atoms with Crippen LogP contribution in [0.25, 0.3) is 0 Å². The number of para-hydroxylation sites is 1. The number of benzene rings is 3. The third-order valence-corrected chi connectivity index (χ3v) is 8.09. The van der Waals surface area contributed by atoms with Crippen molar-refractivity contribution in [2.45, 2.75) is 44.7 Å². The first-order valence-corrected chi connectivity index (χ1v) is 14.5. The largest absolute Gasteiger partial charge is 0.354 e. The number of sulfonamides is 1. The molecule has 0 heterocycles. The second kappa shape index (κ2) is 13.6. The van der Waals surface area contributed by atoms with E-state index in [1.807, 2.05) is 13.8 Å². The summed E-state index contributed by atoms with van der Waals surface area (Å²) >= 11 is 6.03. The van der Waals surface area contributed by atoms with Crippen molar-refractivity contribution in [3.05, 3.63) is 95.3 Å². The first-order valence-electron chi connectivity index (χ1n) is 12.7. The van der Waals surface area contributed by atoms with Crippen LogP contribution < -0.4 is 9.62 Å². The van der Waals surface area contributed by atoms with Gasteiger partial charge in [0, 0.05) is 18.1 Å². The molecule has 0 saturated carbocycles. The maximum Gasteiger partial charge on any atom is 0.264 e. The Morgan fingerprint density at radius 1 is 0.949 bits per heavy atom. The molecular formula is C29H33ClFN3O4S. The quantitative estimate of drug-likeness (QED) is 0.320. The fourth-order valence-electron chi connectivity index (χ4n) is 4.02. The molecule has 39 heavy (non-hydrogen) atoms. The number of amides is 2. The van der Waals surface area contributed by atoms with Crippen LogP contribution in [0.1, 0.15) is 32.8 Å². The average Bonchev–Trinajstić information content (AvgIpc) is 2.92. The SMILES string of the molecule is CCC(C(=O)NCC(C)C)N(Cc1ccc(Cl)cc1)C(=O)CN(c1ccccc1F)S(=O)(=O)c1ccccc1. The van der Waals surface area contributed by atoms with Crippen molar-refractivity contribution >= 4 is 39.1 Å². The molecule has 3 rings (SSSR count). The predicted molar refractivity (Wildman–Crippen MR) is 151 cm³/mol. The summed E-state index contributed by atoms with van der Waals surface area (Å²) < 4.78 is 43.1. The third kappa shape index (κ3) is 7.80. The number of nitrogens with one attached hydrogen (secondary N) is 1. The van der Waals surface area contributed by atoms with Gasteiger partial charge in [-0.1, -0.05) is 74.8 Å². The molecule has 0 aliphatic rings. The molecule has 0 saturated heterocycles. The van der Waals surface area contributed by atoms with Crippen LogP contribution in [0.2, 0.25) is 5.02 Å². The molecule has 0 aromatic heterocycles. The fourth-order valence-corrected chi connectivity index (χ4v) is 5.58. The second-order valence-electron chi connectivity index (χ2n) is 9.49. The van der Waals surface area contributed by atoms with E-state index < -0.39 is 34.3 Å². The molecule has 0 radical (unpaired) electrons. The highest BCUT2D eigenvalue weighted by molar-refractivity contribution is 7.92. The molecule has 208 valence electrons. The molecule has 1 atom stereocenters. The highest BCUT2D eigenvalue weighted by Gasteiger charge is 2.34. The molecule has 7 nitrogen and oxygen atoms in total. The summed E-state index contributed by atoms with van der Waals surface area (Å²) in [7, 11) is -4.33. The second-order valence-corrected chi connectivity index (χ2v) is 11.8. The zero-order chi connectivity index (χ0) is 28.6. The minimum absolute atomic E-state index is 0.0279. The standard InChI is InChI=1S/C29H33ClFN3O4S/c1-4-26(29(36)32-18-21(2)3)33(19-22-14-16-23(30)17-15-22)28(35)20-34(27-13-9-8-12-25(27)31)39(37,38)24-10-6-5-7-11-24/h5-17,21,26H,4,18-20H2,1-3H3,(H,32,36). The van der Waals surface area contributed by atoms with Crippen molar-refractivity contribution in [1.29, 1.82) is 0 Å². The summed E-state index contributed by atoms with van der Waals surface area (Å²) in [4.78, 5) is 28.4. The number of halogens is 2. The molecular weight excluding hydrogens is 541 g/mol. The number of rotatable bonds is 12. The van der Waals surface area contributed by atoms with E-state index in [0.29, 0.717) is 17.1 Å². The molecule has 0 aliphatic heterocycles.